The third-order valence-corrected chi connectivity index (χ3v) is 2.16. The van der Waals surface area contributed by atoms with Gasteiger partial charge in [-0.3, -0.25) is 5.32 Å². The van der Waals surface area contributed by atoms with Gasteiger partial charge in [0, 0.05) is 12.2 Å². The molecule has 0 atom stereocenters. The number of nitrogens with zero attached hydrogens (tertiary/aromatic N) is 1. The number of carbonyl (C=O) groups is 1. The first-order chi connectivity index (χ1) is 8.11. The van der Waals surface area contributed by atoms with Gasteiger partial charge in [-0.1, -0.05) is 24.8 Å². The zero-order valence-electron chi connectivity index (χ0n) is 10.3. The molecule has 1 rings (SSSR count). The van der Waals surface area contributed by atoms with Crippen LogP contribution in [-0.4, -0.2) is 38.2 Å². The SMILES string of the molecule is C=Cc1ccc(NC(=O)OCCN(C)C)cc1. The second-order valence-corrected chi connectivity index (χ2v) is 3.89. The van der Waals surface area contributed by atoms with Crippen LogP contribution in [0.1, 0.15) is 5.56 Å². The Bertz CT molecular complexity index is 372. The maximum atomic E-state index is 11.4. The Hall–Kier alpha value is -1.81. The maximum Gasteiger partial charge on any atom is 0.411 e. The van der Waals surface area contributed by atoms with Crippen LogP contribution in [0, 0.1) is 0 Å². The van der Waals surface area contributed by atoms with Gasteiger partial charge in [-0.05, 0) is 31.8 Å². The average Bonchev–Trinajstić information content (AvgIpc) is 2.29. The van der Waals surface area contributed by atoms with Crippen molar-refractivity contribution < 1.29 is 9.53 Å². The summed E-state index contributed by atoms with van der Waals surface area (Å²) in [5.74, 6) is 0. The van der Waals surface area contributed by atoms with Crippen molar-refractivity contribution in [1.29, 1.82) is 0 Å². The fourth-order valence-electron chi connectivity index (χ4n) is 1.18. The van der Waals surface area contributed by atoms with E-state index in [0.717, 1.165) is 5.56 Å². The molecular weight excluding hydrogens is 216 g/mol. The van der Waals surface area contributed by atoms with Crippen molar-refractivity contribution in [2.45, 2.75) is 0 Å². The average molecular weight is 234 g/mol. The largest absolute Gasteiger partial charge is 0.448 e. The molecule has 0 radical (unpaired) electrons. The van der Waals surface area contributed by atoms with E-state index in [0.29, 0.717) is 18.8 Å². The van der Waals surface area contributed by atoms with Crippen molar-refractivity contribution in [3.8, 4) is 0 Å². The Morgan fingerprint density at radius 3 is 2.59 bits per heavy atom. The summed E-state index contributed by atoms with van der Waals surface area (Å²) in [6, 6.07) is 7.37. The number of ether oxygens (including phenoxy) is 1. The minimum absolute atomic E-state index is 0.379. The molecule has 0 unspecified atom stereocenters. The molecule has 0 fully saturated rings. The number of hydrogen-bond donors (Lipinski definition) is 1. The molecular formula is C13H18N2O2. The lowest BCUT2D eigenvalue weighted by atomic mass is 10.2. The molecule has 92 valence electrons. The van der Waals surface area contributed by atoms with E-state index in [1.54, 1.807) is 6.08 Å². The molecule has 0 aliphatic rings. The lowest BCUT2D eigenvalue weighted by Crippen LogP contribution is -2.22. The Morgan fingerprint density at radius 1 is 1.41 bits per heavy atom. The minimum Gasteiger partial charge on any atom is -0.448 e. The second-order valence-electron chi connectivity index (χ2n) is 3.89. The van der Waals surface area contributed by atoms with E-state index in [9.17, 15) is 4.79 Å². The molecule has 0 aromatic heterocycles. The predicted octanol–water partition coefficient (Wildman–Crippen LogP) is 2.44. The van der Waals surface area contributed by atoms with Gasteiger partial charge in [-0.2, -0.15) is 0 Å². The molecule has 1 aromatic carbocycles. The summed E-state index contributed by atoms with van der Waals surface area (Å²) in [5.41, 5.74) is 1.72. The number of hydrogen-bond acceptors (Lipinski definition) is 3. The van der Waals surface area contributed by atoms with Gasteiger partial charge in [-0.15, -0.1) is 0 Å². The van der Waals surface area contributed by atoms with Gasteiger partial charge >= 0.3 is 6.09 Å². The Balaban J connectivity index is 2.37. The molecule has 4 nitrogen and oxygen atoms in total. The van der Waals surface area contributed by atoms with Crippen LogP contribution in [0.25, 0.3) is 6.08 Å². The van der Waals surface area contributed by atoms with Crippen LogP contribution in [0.5, 0.6) is 0 Å². The van der Waals surface area contributed by atoms with Gasteiger partial charge in [0.25, 0.3) is 0 Å². The first-order valence-electron chi connectivity index (χ1n) is 5.43. The Kier molecular flexibility index (Phi) is 5.23. The van der Waals surface area contributed by atoms with Crippen molar-refractivity contribution in [2.24, 2.45) is 0 Å². The van der Waals surface area contributed by atoms with E-state index in [1.165, 1.54) is 0 Å². The molecule has 0 aliphatic carbocycles. The highest BCUT2D eigenvalue weighted by molar-refractivity contribution is 5.84. The van der Waals surface area contributed by atoms with Gasteiger partial charge in [0.2, 0.25) is 0 Å². The quantitative estimate of drug-likeness (QED) is 0.850. The highest BCUT2D eigenvalue weighted by Gasteiger charge is 2.02. The zero-order valence-corrected chi connectivity index (χ0v) is 10.3. The van der Waals surface area contributed by atoms with E-state index in [4.69, 9.17) is 4.74 Å². The molecule has 0 saturated carbocycles. The van der Waals surface area contributed by atoms with Crippen LogP contribution in [0.4, 0.5) is 10.5 Å². The second kappa shape index (κ2) is 6.70. The zero-order chi connectivity index (χ0) is 12.7. The van der Waals surface area contributed by atoms with Crippen LogP contribution in [0.15, 0.2) is 30.8 Å². The first kappa shape index (κ1) is 13.3. The van der Waals surface area contributed by atoms with E-state index in [-0.39, 0.29) is 0 Å². The summed E-state index contributed by atoms with van der Waals surface area (Å²) in [4.78, 5) is 13.3. The standard InChI is InChI=1S/C13H18N2O2/c1-4-11-5-7-12(8-6-11)14-13(16)17-10-9-15(2)3/h4-8H,1,9-10H2,2-3H3,(H,14,16). The van der Waals surface area contributed by atoms with E-state index in [1.807, 2.05) is 43.3 Å². The summed E-state index contributed by atoms with van der Waals surface area (Å²) in [5, 5.41) is 2.65. The van der Waals surface area contributed by atoms with Crippen LogP contribution >= 0.6 is 0 Å². The van der Waals surface area contributed by atoms with Crippen molar-refractivity contribution in [2.75, 3.05) is 32.6 Å². The maximum absolute atomic E-state index is 11.4. The van der Waals surface area contributed by atoms with Gasteiger partial charge in [0.1, 0.15) is 6.61 Å². The van der Waals surface area contributed by atoms with Crippen LogP contribution in [0.2, 0.25) is 0 Å². The lowest BCUT2D eigenvalue weighted by Gasteiger charge is -2.10. The highest BCUT2D eigenvalue weighted by atomic mass is 16.5. The molecule has 0 bridgehead atoms. The summed E-state index contributed by atoms with van der Waals surface area (Å²) < 4.78 is 5.00. The number of anilines is 1. The van der Waals surface area contributed by atoms with Crippen LogP contribution in [0.3, 0.4) is 0 Å². The topological polar surface area (TPSA) is 41.6 Å². The normalized spacial score (nSPS) is 10.1. The van der Waals surface area contributed by atoms with Gasteiger partial charge < -0.3 is 9.64 Å². The molecule has 0 spiro atoms. The molecule has 17 heavy (non-hydrogen) atoms. The van der Waals surface area contributed by atoms with Crippen molar-refractivity contribution in [3.05, 3.63) is 36.4 Å². The van der Waals surface area contributed by atoms with Crippen LogP contribution in [-0.2, 0) is 4.74 Å². The number of amides is 1. The molecule has 1 amide bonds. The fourth-order valence-corrected chi connectivity index (χ4v) is 1.18. The van der Waals surface area contributed by atoms with Crippen molar-refractivity contribution >= 4 is 17.9 Å². The lowest BCUT2D eigenvalue weighted by molar-refractivity contribution is 0.151. The van der Waals surface area contributed by atoms with Crippen molar-refractivity contribution in [3.63, 3.8) is 0 Å². The third kappa shape index (κ3) is 5.17. The van der Waals surface area contributed by atoms with E-state index >= 15 is 0 Å². The summed E-state index contributed by atoms with van der Waals surface area (Å²) in [6.07, 6.45) is 1.32. The van der Waals surface area contributed by atoms with E-state index in [2.05, 4.69) is 11.9 Å². The molecule has 1 aromatic rings. The number of likely N-dealkylation sites (N-methyl/N-ethyl adjacent to an activating group) is 1. The first-order valence-corrected chi connectivity index (χ1v) is 5.43. The third-order valence-electron chi connectivity index (χ3n) is 2.16. The van der Waals surface area contributed by atoms with Gasteiger partial charge in [0.15, 0.2) is 0 Å². The van der Waals surface area contributed by atoms with E-state index < -0.39 is 6.09 Å². The van der Waals surface area contributed by atoms with Crippen LogP contribution < -0.4 is 5.32 Å². The predicted molar refractivity (Wildman–Crippen MR) is 70.1 cm³/mol. The van der Waals surface area contributed by atoms with Gasteiger partial charge in [0.05, 0.1) is 0 Å². The van der Waals surface area contributed by atoms with Gasteiger partial charge in [-0.25, -0.2) is 4.79 Å². The Labute approximate surface area is 102 Å². The molecule has 1 N–H and O–H groups in total. The summed E-state index contributed by atoms with van der Waals surface area (Å²) in [7, 11) is 3.85. The number of carbonyl (C=O) groups excluding carboxylic acids is 1. The Morgan fingerprint density at radius 2 is 2.06 bits per heavy atom. The molecule has 0 heterocycles. The highest BCUT2D eigenvalue weighted by Crippen LogP contribution is 2.10. The number of benzene rings is 1. The van der Waals surface area contributed by atoms with Crippen molar-refractivity contribution in [1.82, 2.24) is 4.90 Å². The molecule has 4 heteroatoms. The fraction of sp³-hybridized carbons (Fsp3) is 0.308. The summed E-state index contributed by atoms with van der Waals surface area (Å²) in [6.45, 7) is 4.75. The smallest absolute Gasteiger partial charge is 0.411 e. The number of nitrogens with one attached hydrogen (secondary N) is 1. The summed E-state index contributed by atoms with van der Waals surface area (Å²) >= 11 is 0. The number of rotatable bonds is 5. The minimum atomic E-state index is -0.432. The monoisotopic (exact) mass is 234 g/mol. The molecule has 0 saturated heterocycles. The molecule has 0 aliphatic heterocycles.